The Morgan fingerprint density at radius 3 is 2.68 bits per heavy atom. The van der Waals surface area contributed by atoms with E-state index < -0.39 is 16.2 Å². The molecule has 0 aromatic heterocycles. The largest absolute Gasteiger partial charge is 0.467 e. The normalized spacial score (nSPS) is 24.4. The fourth-order valence-corrected chi connectivity index (χ4v) is 2.69. The molecule has 19 heavy (non-hydrogen) atoms. The summed E-state index contributed by atoms with van der Waals surface area (Å²) in [4.78, 5) is 25.5. The first kappa shape index (κ1) is 14.6. The van der Waals surface area contributed by atoms with Crippen LogP contribution in [0.25, 0.3) is 0 Å². The van der Waals surface area contributed by atoms with E-state index in [1.165, 1.54) is 7.11 Å². The highest BCUT2D eigenvalue weighted by Gasteiger charge is 2.47. The van der Waals surface area contributed by atoms with Crippen LogP contribution in [0.4, 0.5) is 0 Å². The van der Waals surface area contributed by atoms with Gasteiger partial charge in [0.1, 0.15) is 0 Å². The molecule has 1 heterocycles. The minimum absolute atomic E-state index is 0.0542. The first-order chi connectivity index (χ1) is 8.96. The van der Waals surface area contributed by atoms with Gasteiger partial charge in [0.05, 0.1) is 26.0 Å². The number of hydrogen-bond acceptors (Lipinski definition) is 5. The molecule has 0 N–H and O–H groups in total. The molecule has 2 rings (SSSR count). The number of ether oxygens (including phenoxy) is 2. The van der Waals surface area contributed by atoms with Gasteiger partial charge in [-0.1, -0.05) is 29.3 Å². The Balaban J connectivity index is 2.15. The molecular weight excluding hydrogens is 293 g/mol. The van der Waals surface area contributed by atoms with E-state index in [0.29, 0.717) is 32.0 Å². The van der Waals surface area contributed by atoms with Crippen molar-refractivity contribution in [2.24, 2.45) is 5.92 Å². The molecule has 5 nitrogen and oxygen atoms in total. The molecule has 0 radical (unpaired) electrons. The Labute approximate surface area is 121 Å². The number of morpholine rings is 1. The number of ketones is 1. The zero-order valence-electron chi connectivity index (χ0n) is 10.5. The molecular formula is C12H15Cl2NO4. The molecule has 7 heteroatoms. The highest BCUT2D eigenvalue weighted by Crippen LogP contribution is 2.40. The van der Waals surface area contributed by atoms with Crippen LogP contribution in [0.15, 0.2) is 11.8 Å². The predicted octanol–water partition coefficient (Wildman–Crippen LogP) is 1.14. The predicted molar refractivity (Wildman–Crippen MR) is 70.0 cm³/mol. The van der Waals surface area contributed by atoms with Gasteiger partial charge in [0, 0.05) is 25.4 Å². The van der Waals surface area contributed by atoms with Crippen LogP contribution in [0.5, 0.6) is 0 Å². The number of alkyl halides is 2. The first-order valence-electron chi connectivity index (χ1n) is 6.00. The number of carbonyl (C=O) groups is 2. The molecule has 0 spiro atoms. The summed E-state index contributed by atoms with van der Waals surface area (Å²) in [7, 11) is 1.21. The fraction of sp³-hybridized carbons (Fsp3) is 0.667. The summed E-state index contributed by atoms with van der Waals surface area (Å²) < 4.78 is 8.08. The Morgan fingerprint density at radius 1 is 1.47 bits per heavy atom. The van der Waals surface area contributed by atoms with E-state index in [0.717, 1.165) is 0 Å². The van der Waals surface area contributed by atoms with Gasteiger partial charge in [-0.3, -0.25) is 4.79 Å². The Bertz CT molecular complexity index is 416. The fourth-order valence-electron chi connectivity index (χ4n) is 2.25. The highest BCUT2D eigenvalue weighted by molar-refractivity contribution is 6.58. The lowest BCUT2D eigenvalue weighted by Gasteiger charge is -2.29. The van der Waals surface area contributed by atoms with Crippen molar-refractivity contribution in [2.45, 2.75) is 10.8 Å². The summed E-state index contributed by atoms with van der Waals surface area (Å²) in [5.74, 6) is -1.36. The third kappa shape index (κ3) is 2.88. The van der Waals surface area contributed by atoms with Crippen LogP contribution in [0, 0.1) is 5.92 Å². The molecule has 1 saturated heterocycles. The number of carbonyl (C=O) groups excluding carboxylic acids is 2. The number of allylic oxidation sites excluding steroid dienone is 2. The summed E-state index contributed by atoms with van der Waals surface area (Å²) in [6, 6.07) is 0. The number of halogens is 2. The summed E-state index contributed by atoms with van der Waals surface area (Å²) in [6.45, 7) is 2.47. The lowest BCUT2D eigenvalue weighted by molar-refractivity contribution is -0.142. The van der Waals surface area contributed by atoms with Crippen LogP contribution < -0.4 is 0 Å². The molecule has 1 atom stereocenters. The number of methoxy groups -OCH3 is 1. The molecule has 2 aliphatic rings. The molecule has 1 unspecified atom stereocenters. The quantitative estimate of drug-likeness (QED) is 0.578. The number of Topliss-reactive ketones (excluding diaryl/α,β-unsaturated/α-hetero) is 1. The number of esters is 1. The lowest BCUT2D eigenvalue weighted by atomic mass is 10.0. The van der Waals surface area contributed by atoms with Crippen LogP contribution in [-0.4, -0.2) is 54.4 Å². The smallest absolute Gasteiger partial charge is 0.342 e. The second kappa shape index (κ2) is 5.69. The van der Waals surface area contributed by atoms with Crippen molar-refractivity contribution in [3.63, 3.8) is 0 Å². The summed E-state index contributed by atoms with van der Waals surface area (Å²) in [5.41, 5.74) is 0.572. The van der Waals surface area contributed by atoms with Gasteiger partial charge in [-0.25, -0.2) is 4.79 Å². The molecule has 1 aliphatic carbocycles. The SMILES string of the molecule is COC(=O)C(Cl)(Cl)C1C=C(N2CCOCC2)C(=O)C1. The summed E-state index contributed by atoms with van der Waals surface area (Å²) in [6.07, 6.45) is 1.79. The molecule has 0 aromatic carbocycles. The summed E-state index contributed by atoms with van der Waals surface area (Å²) in [5, 5.41) is 0. The minimum atomic E-state index is -1.72. The van der Waals surface area contributed by atoms with E-state index in [2.05, 4.69) is 4.74 Å². The van der Waals surface area contributed by atoms with E-state index in [9.17, 15) is 9.59 Å². The molecule has 106 valence electrons. The average Bonchev–Trinajstić information content (AvgIpc) is 2.81. The number of hydrogen-bond donors (Lipinski definition) is 0. The van der Waals surface area contributed by atoms with Gasteiger partial charge < -0.3 is 14.4 Å². The van der Waals surface area contributed by atoms with E-state index in [1.807, 2.05) is 4.90 Å². The zero-order valence-corrected chi connectivity index (χ0v) is 12.0. The molecule has 0 saturated carbocycles. The maximum Gasteiger partial charge on any atom is 0.342 e. The second-order valence-corrected chi connectivity index (χ2v) is 5.89. The standard InChI is InChI=1S/C12H15Cl2NO4/c1-18-11(17)12(13,14)8-6-9(10(16)7-8)15-2-4-19-5-3-15/h6,8H,2-5,7H2,1H3. The Kier molecular flexibility index (Phi) is 4.38. The Morgan fingerprint density at radius 2 is 2.11 bits per heavy atom. The average molecular weight is 308 g/mol. The molecule has 0 bridgehead atoms. The van der Waals surface area contributed by atoms with Gasteiger partial charge in [0.2, 0.25) is 4.33 Å². The molecule has 0 amide bonds. The number of rotatable bonds is 3. The van der Waals surface area contributed by atoms with Gasteiger partial charge in [0.15, 0.2) is 5.78 Å². The molecule has 1 fully saturated rings. The van der Waals surface area contributed by atoms with Gasteiger partial charge in [-0.05, 0) is 0 Å². The van der Waals surface area contributed by atoms with Crippen molar-refractivity contribution < 1.29 is 19.1 Å². The van der Waals surface area contributed by atoms with Crippen molar-refractivity contribution in [1.82, 2.24) is 4.90 Å². The topological polar surface area (TPSA) is 55.8 Å². The third-order valence-electron chi connectivity index (χ3n) is 3.33. The molecule has 1 aliphatic heterocycles. The van der Waals surface area contributed by atoms with E-state index in [4.69, 9.17) is 27.9 Å². The second-order valence-electron chi connectivity index (χ2n) is 4.50. The van der Waals surface area contributed by atoms with Crippen LogP contribution in [-0.2, 0) is 19.1 Å². The Hall–Kier alpha value is -0.780. The van der Waals surface area contributed by atoms with E-state index >= 15 is 0 Å². The number of nitrogens with zero attached hydrogens (tertiary/aromatic N) is 1. The highest BCUT2D eigenvalue weighted by atomic mass is 35.5. The van der Waals surface area contributed by atoms with Gasteiger partial charge >= 0.3 is 5.97 Å². The monoisotopic (exact) mass is 307 g/mol. The maximum absolute atomic E-state index is 12.0. The van der Waals surface area contributed by atoms with Crippen LogP contribution in [0.2, 0.25) is 0 Å². The van der Waals surface area contributed by atoms with Crippen molar-refractivity contribution in [3.05, 3.63) is 11.8 Å². The van der Waals surface area contributed by atoms with E-state index in [-0.39, 0.29) is 12.2 Å². The third-order valence-corrected chi connectivity index (χ3v) is 4.19. The lowest BCUT2D eigenvalue weighted by Crippen LogP contribution is -2.37. The summed E-state index contributed by atoms with van der Waals surface area (Å²) >= 11 is 12.0. The van der Waals surface area contributed by atoms with Gasteiger partial charge in [-0.2, -0.15) is 0 Å². The van der Waals surface area contributed by atoms with Crippen LogP contribution in [0.1, 0.15) is 6.42 Å². The van der Waals surface area contributed by atoms with Crippen molar-refractivity contribution in [3.8, 4) is 0 Å². The maximum atomic E-state index is 12.0. The van der Waals surface area contributed by atoms with Crippen molar-refractivity contribution in [1.29, 1.82) is 0 Å². The van der Waals surface area contributed by atoms with Crippen molar-refractivity contribution >= 4 is 35.0 Å². The van der Waals surface area contributed by atoms with Crippen LogP contribution in [0.3, 0.4) is 0 Å². The first-order valence-corrected chi connectivity index (χ1v) is 6.76. The van der Waals surface area contributed by atoms with E-state index in [1.54, 1.807) is 6.08 Å². The molecule has 0 aromatic rings. The van der Waals surface area contributed by atoms with Gasteiger partial charge in [0.25, 0.3) is 0 Å². The minimum Gasteiger partial charge on any atom is -0.467 e. The van der Waals surface area contributed by atoms with Gasteiger partial charge in [-0.15, -0.1) is 0 Å². The van der Waals surface area contributed by atoms with Crippen LogP contribution >= 0.6 is 23.2 Å². The zero-order chi connectivity index (χ0) is 14.0. The van der Waals surface area contributed by atoms with Crippen molar-refractivity contribution in [2.75, 3.05) is 33.4 Å².